The molecule has 0 aliphatic carbocycles. The van der Waals surface area contributed by atoms with E-state index in [1.165, 1.54) is 94.6 Å². The molecule has 0 nitrogen and oxygen atoms in total. The standard InChI is InChI=1S/C21H34S/c1-2-3-4-5-6-7-8-9-10-11-12-13-16-20-17-14-15-18-21(20)19-22/h14-15,17-19H,2-13,16H2,1H3. The molecule has 1 heteroatoms. The highest BCUT2D eigenvalue weighted by molar-refractivity contribution is 7.79. The third-order valence-corrected chi connectivity index (χ3v) is 4.74. The average Bonchev–Trinajstić information content (AvgIpc) is 2.56. The van der Waals surface area contributed by atoms with Gasteiger partial charge in [0.05, 0.1) is 0 Å². The van der Waals surface area contributed by atoms with Crippen LogP contribution in [0.2, 0.25) is 0 Å². The first-order chi connectivity index (χ1) is 10.9. The van der Waals surface area contributed by atoms with Crippen LogP contribution >= 0.6 is 12.2 Å². The van der Waals surface area contributed by atoms with Gasteiger partial charge in [0.15, 0.2) is 0 Å². The van der Waals surface area contributed by atoms with Gasteiger partial charge in [-0.15, -0.1) is 0 Å². The number of aryl methyl sites for hydroxylation is 1. The average molecular weight is 319 g/mol. The zero-order valence-electron chi connectivity index (χ0n) is 14.5. The summed E-state index contributed by atoms with van der Waals surface area (Å²) >= 11 is 5.08. The smallest absolute Gasteiger partial charge is 0.00888 e. The second kappa shape index (κ2) is 13.9. The zero-order chi connectivity index (χ0) is 15.9. The number of benzene rings is 1. The number of unbranched alkanes of at least 4 members (excludes halogenated alkanes) is 11. The summed E-state index contributed by atoms with van der Waals surface area (Å²) in [5.41, 5.74) is 2.66. The molecule has 0 atom stereocenters. The third kappa shape index (κ3) is 9.35. The Morgan fingerprint density at radius 3 is 1.77 bits per heavy atom. The van der Waals surface area contributed by atoms with E-state index >= 15 is 0 Å². The van der Waals surface area contributed by atoms with Gasteiger partial charge in [-0.3, -0.25) is 0 Å². The molecule has 22 heavy (non-hydrogen) atoms. The van der Waals surface area contributed by atoms with Crippen LogP contribution in [-0.4, -0.2) is 5.37 Å². The summed E-state index contributed by atoms with van der Waals surface area (Å²) in [6.07, 6.45) is 18.1. The Balaban J connectivity index is 1.90. The third-order valence-electron chi connectivity index (χ3n) is 4.48. The second-order valence-electron chi connectivity index (χ2n) is 6.46. The monoisotopic (exact) mass is 318 g/mol. The lowest BCUT2D eigenvalue weighted by molar-refractivity contribution is 0.544. The highest BCUT2D eigenvalue weighted by atomic mass is 32.1. The van der Waals surface area contributed by atoms with Crippen molar-refractivity contribution in [3.8, 4) is 0 Å². The summed E-state index contributed by atoms with van der Waals surface area (Å²) in [7, 11) is 0. The fourth-order valence-corrected chi connectivity index (χ4v) is 3.26. The fourth-order valence-electron chi connectivity index (χ4n) is 3.03. The van der Waals surface area contributed by atoms with Gasteiger partial charge in [-0.1, -0.05) is 114 Å². The molecule has 0 spiro atoms. The molecule has 0 N–H and O–H groups in total. The molecule has 0 aromatic heterocycles. The number of thiocarbonyl (C=S) groups is 1. The van der Waals surface area contributed by atoms with Crippen molar-refractivity contribution in [3.05, 3.63) is 35.4 Å². The molecule has 124 valence electrons. The molecular weight excluding hydrogens is 284 g/mol. The van der Waals surface area contributed by atoms with Gasteiger partial charge in [-0.2, -0.15) is 0 Å². The Labute approximate surface area is 143 Å². The maximum absolute atomic E-state index is 5.08. The molecule has 0 bridgehead atoms. The lowest BCUT2D eigenvalue weighted by Gasteiger charge is -2.05. The molecule has 0 amide bonds. The van der Waals surface area contributed by atoms with Crippen molar-refractivity contribution < 1.29 is 0 Å². The minimum absolute atomic E-state index is 1.18. The number of hydrogen-bond donors (Lipinski definition) is 0. The van der Waals surface area contributed by atoms with E-state index in [0.717, 1.165) is 0 Å². The SMILES string of the molecule is CCCCCCCCCCCCCCc1ccccc1C=S. The van der Waals surface area contributed by atoms with Crippen LogP contribution in [0.15, 0.2) is 24.3 Å². The Hall–Kier alpha value is -0.690. The molecular formula is C21H34S. The van der Waals surface area contributed by atoms with E-state index in [1.54, 1.807) is 0 Å². The van der Waals surface area contributed by atoms with Crippen molar-refractivity contribution in [1.82, 2.24) is 0 Å². The van der Waals surface area contributed by atoms with Crippen molar-refractivity contribution >= 4 is 17.6 Å². The van der Waals surface area contributed by atoms with E-state index in [9.17, 15) is 0 Å². The highest BCUT2D eigenvalue weighted by Gasteiger charge is 1.99. The summed E-state index contributed by atoms with van der Waals surface area (Å²) in [4.78, 5) is 0. The van der Waals surface area contributed by atoms with Crippen molar-refractivity contribution in [2.45, 2.75) is 90.4 Å². The van der Waals surface area contributed by atoms with E-state index in [-0.39, 0.29) is 0 Å². The molecule has 0 radical (unpaired) electrons. The van der Waals surface area contributed by atoms with Crippen LogP contribution in [0.3, 0.4) is 0 Å². The summed E-state index contributed by atoms with van der Waals surface area (Å²) in [6.45, 7) is 2.29. The Morgan fingerprint density at radius 2 is 1.23 bits per heavy atom. The molecule has 0 saturated carbocycles. The van der Waals surface area contributed by atoms with E-state index in [4.69, 9.17) is 12.2 Å². The van der Waals surface area contributed by atoms with Crippen LogP contribution < -0.4 is 0 Å². The van der Waals surface area contributed by atoms with Crippen LogP contribution in [0, 0.1) is 0 Å². The van der Waals surface area contributed by atoms with E-state index in [1.807, 2.05) is 5.37 Å². The molecule has 0 saturated heterocycles. The van der Waals surface area contributed by atoms with E-state index in [2.05, 4.69) is 31.2 Å². The lowest BCUT2D eigenvalue weighted by Crippen LogP contribution is -1.92. The quantitative estimate of drug-likeness (QED) is 0.256. The first-order valence-electron chi connectivity index (χ1n) is 9.41. The maximum atomic E-state index is 5.08. The van der Waals surface area contributed by atoms with Gasteiger partial charge in [-0.05, 0) is 24.0 Å². The molecule has 0 heterocycles. The van der Waals surface area contributed by atoms with Gasteiger partial charge in [0.25, 0.3) is 0 Å². The van der Waals surface area contributed by atoms with Gasteiger partial charge < -0.3 is 0 Å². The Morgan fingerprint density at radius 1 is 0.727 bits per heavy atom. The molecule has 1 rings (SSSR count). The minimum atomic E-state index is 1.18. The van der Waals surface area contributed by atoms with Crippen LogP contribution in [0.1, 0.15) is 95.1 Å². The highest BCUT2D eigenvalue weighted by Crippen LogP contribution is 2.14. The van der Waals surface area contributed by atoms with Crippen molar-refractivity contribution in [3.63, 3.8) is 0 Å². The number of rotatable bonds is 14. The van der Waals surface area contributed by atoms with Crippen LogP contribution in [0.25, 0.3) is 0 Å². The van der Waals surface area contributed by atoms with Crippen molar-refractivity contribution in [1.29, 1.82) is 0 Å². The van der Waals surface area contributed by atoms with E-state index < -0.39 is 0 Å². The largest absolute Gasteiger partial charge is 0.0881 e. The van der Waals surface area contributed by atoms with Gasteiger partial charge in [0.1, 0.15) is 0 Å². The summed E-state index contributed by atoms with van der Waals surface area (Å²) in [5.74, 6) is 0. The van der Waals surface area contributed by atoms with Crippen LogP contribution in [-0.2, 0) is 6.42 Å². The molecule has 0 fully saturated rings. The first-order valence-corrected chi connectivity index (χ1v) is 9.88. The topological polar surface area (TPSA) is 0 Å². The van der Waals surface area contributed by atoms with Crippen molar-refractivity contribution in [2.24, 2.45) is 0 Å². The second-order valence-corrected chi connectivity index (χ2v) is 6.69. The number of hydrogen-bond acceptors (Lipinski definition) is 1. The fraction of sp³-hybridized carbons (Fsp3) is 0.667. The predicted octanol–water partition coefficient (Wildman–Crippen LogP) is 7.28. The van der Waals surface area contributed by atoms with Crippen LogP contribution in [0.5, 0.6) is 0 Å². The van der Waals surface area contributed by atoms with Crippen molar-refractivity contribution in [2.75, 3.05) is 0 Å². The zero-order valence-corrected chi connectivity index (χ0v) is 15.3. The lowest BCUT2D eigenvalue weighted by atomic mass is 10.0. The molecule has 1 aromatic carbocycles. The van der Waals surface area contributed by atoms with Gasteiger partial charge in [0, 0.05) is 5.37 Å². The normalized spacial score (nSPS) is 10.8. The maximum Gasteiger partial charge on any atom is 0.00888 e. The minimum Gasteiger partial charge on any atom is -0.0881 e. The van der Waals surface area contributed by atoms with Gasteiger partial charge >= 0.3 is 0 Å². The molecule has 0 aliphatic rings. The van der Waals surface area contributed by atoms with Crippen LogP contribution in [0.4, 0.5) is 0 Å². The first kappa shape index (κ1) is 19.4. The van der Waals surface area contributed by atoms with Gasteiger partial charge in [-0.25, -0.2) is 0 Å². The summed E-state index contributed by atoms with van der Waals surface area (Å²) in [5, 5.41) is 1.82. The Bertz CT molecular complexity index is 383. The van der Waals surface area contributed by atoms with E-state index in [0.29, 0.717) is 0 Å². The Kier molecular flexibility index (Phi) is 12.3. The summed E-state index contributed by atoms with van der Waals surface area (Å²) in [6, 6.07) is 8.54. The van der Waals surface area contributed by atoms with Gasteiger partial charge in [0.2, 0.25) is 0 Å². The molecule has 1 aromatic rings. The molecule has 0 unspecified atom stereocenters. The summed E-state index contributed by atoms with van der Waals surface area (Å²) < 4.78 is 0. The molecule has 0 aliphatic heterocycles. The predicted molar refractivity (Wildman–Crippen MR) is 104 cm³/mol.